The highest BCUT2D eigenvalue weighted by atomic mass is 15.1. The van der Waals surface area contributed by atoms with E-state index in [-0.39, 0.29) is 5.66 Å². The lowest BCUT2D eigenvalue weighted by Crippen LogP contribution is -2.49. The molecule has 1 unspecified atom stereocenters. The molecular formula is C28H62N2. The molecule has 0 fully saturated rings. The minimum Gasteiger partial charge on any atom is -0.314 e. The van der Waals surface area contributed by atoms with E-state index >= 15 is 0 Å². The van der Waals surface area contributed by atoms with Crippen LogP contribution in [0, 0.1) is 0 Å². The predicted molar refractivity (Wildman–Crippen MR) is 140 cm³/mol. The fraction of sp³-hybridized carbons (Fsp3) is 1.00. The van der Waals surface area contributed by atoms with Gasteiger partial charge in [-0.25, -0.2) is 0 Å². The van der Waals surface area contributed by atoms with Gasteiger partial charge in [0.2, 0.25) is 0 Å². The summed E-state index contributed by atoms with van der Waals surface area (Å²) in [5.41, 5.74) is 5.56. The Hall–Kier alpha value is -0.0800. The average molecular weight is 427 g/mol. The minimum absolute atomic E-state index is 0.158. The van der Waals surface area contributed by atoms with Crippen LogP contribution in [0.2, 0.25) is 0 Å². The lowest BCUT2D eigenvalue weighted by Gasteiger charge is -2.23. The zero-order valence-electron chi connectivity index (χ0n) is 22.1. The molecule has 0 saturated heterocycles. The molecule has 0 aromatic heterocycles. The van der Waals surface area contributed by atoms with Gasteiger partial charge in [0.05, 0.1) is 5.66 Å². The van der Waals surface area contributed by atoms with Crippen molar-refractivity contribution in [1.82, 2.24) is 5.32 Å². The van der Waals surface area contributed by atoms with Crippen LogP contribution in [0.25, 0.3) is 0 Å². The third-order valence-corrected chi connectivity index (χ3v) is 6.27. The normalized spacial score (nSPS) is 13.0. The maximum atomic E-state index is 5.72. The van der Waals surface area contributed by atoms with Crippen molar-refractivity contribution in [2.45, 2.75) is 175 Å². The largest absolute Gasteiger partial charge is 0.314 e. The van der Waals surface area contributed by atoms with Gasteiger partial charge < -0.3 is 11.1 Å². The van der Waals surface area contributed by atoms with Gasteiger partial charge in [-0.2, -0.15) is 0 Å². The van der Waals surface area contributed by atoms with Gasteiger partial charge in [-0.05, 0) is 19.9 Å². The summed E-state index contributed by atoms with van der Waals surface area (Å²) in [7, 11) is 0. The van der Waals surface area contributed by atoms with Crippen molar-refractivity contribution in [1.29, 1.82) is 0 Å². The molecule has 2 nitrogen and oxygen atoms in total. The molecule has 0 aliphatic rings. The summed E-state index contributed by atoms with van der Waals surface area (Å²) in [4.78, 5) is 0. The molecule has 1 atom stereocenters. The first-order chi connectivity index (χ1) is 14.5. The zero-order chi connectivity index (χ0) is 22.8. The van der Waals surface area contributed by atoms with Gasteiger partial charge in [0.15, 0.2) is 0 Å². The summed E-state index contributed by atoms with van der Waals surface area (Å²) in [6.07, 6.45) is 30.4. The highest BCUT2D eigenvalue weighted by Crippen LogP contribution is 2.14. The highest BCUT2D eigenvalue weighted by Gasteiger charge is 2.11. The van der Waals surface area contributed by atoms with Crippen molar-refractivity contribution in [2.24, 2.45) is 5.73 Å². The first-order valence-corrected chi connectivity index (χ1v) is 14.1. The Labute approximate surface area is 192 Å². The minimum atomic E-state index is -0.158. The molecule has 0 heterocycles. The molecule has 0 aromatic carbocycles. The molecule has 0 aliphatic carbocycles. The van der Waals surface area contributed by atoms with E-state index in [0.717, 1.165) is 13.0 Å². The topological polar surface area (TPSA) is 38.0 Å². The van der Waals surface area contributed by atoms with E-state index in [0.29, 0.717) is 0 Å². The number of nitrogens with two attached hydrogens (primary N) is 1. The van der Waals surface area contributed by atoms with Gasteiger partial charge >= 0.3 is 0 Å². The third kappa shape index (κ3) is 30.1. The van der Waals surface area contributed by atoms with Crippen LogP contribution in [0.1, 0.15) is 169 Å². The van der Waals surface area contributed by atoms with Crippen molar-refractivity contribution in [2.75, 3.05) is 6.54 Å². The highest BCUT2D eigenvalue weighted by molar-refractivity contribution is 4.71. The van der Waals surface area contributed by atoms with Crippen LogP contribution in [-0.4, -0.2) is 12.2 Å². The van der Waals surface area contributed by atoms with E-state index in [9.17, 15) is 0 Å². The zero-order valence-corrected chi connectivity index (χ0v) is 22.1. The molecule has 3 N–H and O–H groups in total. The maximum absolute atomic E-state index is 5.72. The molecule has 2 heteroatoms. The number of rotatable bonds is 22. The first kappa shape index (κ1) is 32.1. The van der Waals surface area contributed by atoms with E-state index in [1.54, 1.807) is 0 Å². The molecule has 0 amide bonds. The fourth-order valence-corrected chi connectivity index (χ4v) is 3.86. The lowest BCUT2D eigenvalue weighted by molar-refractivity contribution is 0.365. The smallest absolute Gasteiger partial charge is 0.0630 e. The number of hydrogen-bond acceptors (Lipinski definition) is 2. The molecule has 0 spiro atoms. The Morgan fingerprint density at radius 2 is 0.700 bits per heavy atom. The van der Waals surface area contributed by atoms with Crippen LogP contribution in [0.4, 0.5) is 0 Å². The molecule has 0 radical (unpaired) electrons. The second-order valence-corrected chi connectivity index (χ2v) is 9.67. The Morgan fingerprint density at radius 1 is 0.467 bits per heavy atom. The van der Waals surface area contributed by atoms with Gasteiger partial charge in [-0.1, -0.05) is 156 Å². The summed E-state index contributed by atoms with van der Waals surface area (Å²) in [5.74, 6) is 0. The van der Waals surface area contributed by atoms with E-state index in [2.05, 4.69) is 33.0 Å². The molecule has 0 bridgehead atoms. The second-order valence-electron chi connectivity index (χ2n) is 9.67. The van der Waals surface area contributed by atoms with Crippen LogP contribution < -0.4 is 11.1 Å². The standard InChI is InChI=1S/C22H46.C6H16N2/c1-3-5-7-9-11-13-15-17-19-21-22-20-18-16-14-12-10-8-6-4-2;1-4-6(3,7)8-5-2/h3-22H2,1-2H3;8H,4-5,7H2,1-3H3. The Bertz CT molecular complexity index is 268. The van der Waals surface area contributed by atoms with E-state index < -0.39 is 0 Å². The number of unbranched alkanes of at least 4 members (excludes halogenated alkanes) is 19. The average Bonchev–Trinajstić information content (AvgIpc) is 2.73. The van der Waals surface area contributed by atoms with E-state index in [1.165, 1.54) is 128 Å². The molecular weight excluding hydrogens is 364 g/mol. The molecule has 0 rings (SSSR count). The molecule has 0 aromatic rings. The van der Waals surface area contributed by atoms with Gasteiger partial charge in [0.1, 0.15) is 0 Å². The summed E-state index contributed by atoms with van der Waals surface area (Å²) in [6.45, 7) is 11.7. The van der Waals surface area contributed by atoms with Crippen molar-refractivity contribution in [3.8, 4) is 0 Å². The van der Waals surface area contributed by atoms with Crippen molar-refractivity contribution in [3.63, 3.8) is 0 Å². The van der Waals surface area contributed by atoms with Crippen molar-refractivity contribution in [3.05, 3.63) is 0 Å². The predicted octanol–water partition coefficient (Wildman–Crippen LogP) is 9.51. The number of nitrogens with one attached hydrogen (secondary N) is 1. The monoisotopic (exact) mass is 426 g/mol. The molecule has 30 heavy (non-hydrogen) atoms. The Kier molecular flexibility index (Phi) is 28.8. The third-order valence-electron chi connectivity index (χ3n) is 6.27. The molecule has 184 valence electrons. The van der Waals surface area contributed by atoms with Crippen molar-refractivity contribution < 1.29 is 0 Å². The molecule has 0 saturated carbocycles. The quantitative estimate of drug-likeness (QED) is 0.133. The Morgan fingerprint density at radius 3 is 0.833 bits per heavy atom. The van der Waals surface area contributed by atoms with Crippen molar-refractivity contribution >= 4 is 0 Å². The second kappa shape index (κ2) is 27.0. The summed E-state index contributed by atoms with van der Waals surface area (Å²) in [6, 6.07) is 0. The van der Waals surface area contributed by atoms with E-state index in [4.69, 9.17) is 5.73 Å². The molecule has 0 aliphatic heterocycles. The van der Waals surface area contributed by atoms with Gasteiger partial charge in [-0.3, -0.25) is 0 Å². The van der Waals surface area contributed by atoms with Crippen LogP contribution >= 0.6 is 0 Å². The SMILES string of the molecule is CCCCCCCCCCCCCCCCCCCCCC.CCNC(C)(N)CC. The van der Waals surface area contributed by atoms with Crippen LogP contribution in [0.15, 0.2) is 0 Å². The summed E-state index contributed by atoms with van der Waals surface area (Å²) < 4.78 is 0. The Balaban J connectivity index is 0. The first-order valence-electron chi connectivity index (χ1n) is 14.1. The summed E-state index contributed by atoms with van der Waals surface area (Å²) >= 11 is 0. The van der Waals surface area contributed by atoms with Crippen LogP contribution in [0.5, 0.6) is 0 Å². The summed E-state index contributed by atoms with van der Waals surface area (Å²) in [5, 5.41) is 3.15. The number of hydrogen-bond donors (Lipinski definition) is 2. The lowest BCUT2D eigenvalue weighted by atomic mass is 10.0. The van der Waals surface area contributed by atoms with Crippen LogP contribution in [0.3, 0.4) is 0 Å². The maximum Gasteiger partial charge on any atom is 0.0630 e. The van der Waals surface area contributed by atoms with Gasteiger partial charge in [0, 0.05) is 0 Å². The fourth-order valence-electron chi connectivity index (χ4n) is 3.86. The van der Waals surface area contributed by atoms with Crippen LogP contribution in [-0.2, 0) is 0 Å². The van der Waals surface area contributed by atoms with Gasteiger partial charge in [-0.15, -0.1) is 0 Å². The van der Waals surface area contributed by atoms with Gasteiger partial charge in [0.25, 0.3) is 0 Å². The van der Waals surface area contributed by atoms with E-state index in [1.807, 2.05) is 6.92 Å².